The first-order valence-electron chi connectivity index (χ1n) is 8.99. The Morgan fingerprint density at radius 2 is 1.92 bits per heavy atom. The molecule has 132 valence electrons. The highest BCUT2D eigenvalue weighted by Crippen LogP contribution is 2.34. The monoisotopic (exact) mass is 348 g/mol. The Morgan fingerprint density at radius 3 is 2.62 bits per heavy atom. The van der Waals surface area contributed by atoms with Crippen molar-refractivity contribution in [2.75, 3.05) is 39.1 Å². The summed E-state index contributed by atoms with van der Waals surface area (Å²) in [5, 5.41) is 3.25. The van der Waals surface area contributed by atoms with E-state index in [2.05, 4.69) is 10.2 Å². The van der Waals surface area contributed by atoms with Gasteiger partial charge in [-0.15, -0.1) is 11.8 Å². The van der Waals surface area contributed by atoms with Crippen molar-refractivity contribution in [2.24, 2.45) is 0 Å². The summed E-state index contributed by atoms with van der Waals surface area (Å²) >= 11 is 1.62. The van der Waals surface area contributed by atoms with Gasteiger partial charge < -0.3 is 10.1 Å². The van der Waals surface area contributed by atoms with Gasteiger partial charge in [-0.3, -0.25) is 9.69 Å². The van der Waals surface area contributed by atoms with Crippen LogP contribution in [0.5, 0.6) is 0 Å². The Kier molecular flexibility index (Phi) is 6.19. The van der Waals surface area contributed by atoms with Crippen LogP contribution in [0.3, 0.4) is 0 Å². The van der Waals surface area contributed by atoms with Gasteiger partial charge >= 0.3 is 0 Å². The maximum Gasteiger partial charge on any atom is 0.252 e. The topological polar surface area (TPSA) is 41.6 Å². The normalized spacial score (nSPS) is 21.4. The molecule has 24 heavy (non-hydrogen) atoms. The zero-order valence-corrected chi connectivity index (χ0v) is 15.4. The molecule has 2 fully saturated rings. The molecule has 3 rings (SSSR count). The third kappa shape index (κ3) is 3.95. The van der Waals surface area contributed by atoms with E-state index in [0.29, 0.717) is 0 Å². The summed E-state index contributed by atoms with van der Waals surface area (Å²) in [7, 11) is 0. The highest BCUT2D eigenvalue weighted by atomic mass is 32.2. The maximum atomic E-state index is 12.7. The Bertz CT molecular complexity index is 552. The molecule has 1 heterocycles. The largest absolute Gasteiger partial charge is 0.379 e. The van der Waals surface area contributed by atoms with Crippen molar-refractivity contribution in [3.05, 3.63) is 29.8 Å². The van der Waals surface area contributed by atoms with Gasteiger partial charge in [0, 0.05) is 30.1 Å². The Labute approximate surface area is 149 Å². The summed E-state index contributed by atoms with van der Waals surface area (Å²) in [5.74, 6) is 0.0538. The second-order valence-electron chi connectivity index (χ2n) is 6.77. The third-order valence-electron chi connectivity index (χ3n) is 5.40. The quantitative estimate of drug-likeness (QED) is 0.830. The average molecular weight is 349 g/mol. The van der Waals surface area contributed by atoms with Gasteiger partial charge in [-0.2, -0.15) is 0 Å². The van der Waals surface area contributed by atoms with E-state index < -0.39 is 0 Å². The Balaban J connectivity index is 1.70. The van der Waals surface area contributed by atoms with Crippen LogP contribution in [-0.2, 0) is 4.74 Å². The number of thioether (sulfide) groups is 1. The highest BCUT2D eigenvalue weighted by molar-refractivity contribution is 7.98. The smallest absolute Gasteiger partial charge is 0.252 e. The van der Waals surface area contributed by atoms with Gasteiger partial charge in [-0.25, -0.2) is 0 Å². The van der Waals surface area contributed by atoms with Gasteiger partial charge in [0.25, 0.3) is 5.91 Å². The first-order chi connectivity index (χ1) is 11.7. The molecule has 1 saturated carbocycles. The number of hydrogen-bond acceptors (Lipinski definition) is 4. The number of hydrogen-bond donors (Lipinski definition) is 1. The molecular formula is C19H28N2O2S. The van der Waals surface area contributed by atoms with Gasteiger partial charge in [0.05, 0.1) is 18.8 Å². The lowest BCUT2D eigenvalue weighted by atomic mass is 9.79. The lowest BCUT2D eigenvalue weighted by molar-refractivity contribution is -0.0361. The molecule has 4 nitrogen and oxygen atoms in total. The van der Waals surface area contributed by atoms with Crippen LogP contribution in [0.25, 0.3) is 0 Å². The molecule has 1 aromatic rings. The average Bonchev–Trinajstić information content (AvgIpc) is 2.67. The summed E-state index contributed by atoms with van der Waals surface area (Å²) in [5.41, 5.74) is 0.907. The molecule has 1 amide bonds. The van der Waals surface area contributed by atoms with E-state index >= 15 is 0 Å². The van der Waals surface area contributed by atoms with Gasteiger partial charge in [0.2, 0.25) is 0 Å². The number of carbonyl (C=O) groups excluding carboxylic acids is 1. The van der Waals surface area contributed by atoms with E-state index in [1.54, 1.807) is 11.8 Å². The maximum absolute atomic E-state index is 12.7. The summed E-state index contributed by atoms with van der Waals surface area (Å²) < 4.78 is 5.53. The number of nitrogens with one attached hydrogen (secondary N) is 1. The van der Waals surface area contributed by atoms with Crippen molar-refractivity contribution < 1.29 is 9.53 Å². The molecule has 2 aliphatic rings. The minimum absolute atomic E-state index is 0.0538. The number of benzene rings is 1. The Morgan fingerprint density at radius 1 is 1.21 bits per heavy atom. The number of carbonyl (C=O) groups is 1. The molecule has 0 aromatic heterocycles. The van der Waals surface area contributed by atoms with Crippen LogP contribution in [0.1, 0.15) is 42.5 Å². The molecule has 1 aromatic carbocycles. The molecular weight excluding hydrogens is 320 g/mol. The van der Waals surface area contributed by atoms with Crippen LogP contribution in [0.15, 0.2) is 29.2 Å². The Hall–Kier alpha value is -1.04. The fourth-order valence-electron chi connectivity index (χ4n) is 4.02. The zero-order chi connectivity index (χ0) is 16.8. The first-order valence-corrected chi connectivity index (χ1v) is 10.2. The van der Waals surface area contributed by atoms with Crippen molar-refractivity contribution in [1.82, 2.24) is 10.2 Å². The fourth-order valence-corrected chi connectivity index (χ4v) is 4.62. The molecule has 1 saturated heterocycles. The van der Waals surface area contributed by atoms with Crippen LogP contribution in [-0.4, -0.2) is 55.4 Å². The van der Waals surface area contributed by atoms with E-state index in [1.807, 2.05) is 30.5 Å². The molecule has 1 aliphatic heterocycles. The van der Waals surface area contributed by atoms with Crippen LogP contribution in [0, 0.1) is 0 Å². The number of ether oxygens (including phenoxy) is 1. The number of rotatable bonds is 5. The van der Waals surface area contributed by atoms with Gasteiger partial charge in [0.15, 0.2) is 0 Å². The third-order valence-corrected chi connectivity index (χ3v) is 6.19. The summed E-state index contributed by atoms with van der Waals surface area (Å²) in [6, 6.07) is 7.85. The van der Waals surface area contributed by atoms with E-state index in [1.165, 1.54) is 32.1 Å². The summed E-state index contributed by atoms with van der Waals surface area (Å²) in [6.45, 7) is 4.33. The van der Waals surface area contributed by atoms with Crippen molar-refractivity contribution in [3.8, 4) is 0 Å². The standard InChI is InChI=1S/C19H28N2O2S/c1-24-17-8-4-3-7-16(17)18(22)20-15-19(9-5-2-6-10-19)21-11-13-23-14-12-21/h3-4,7-8H,2,5-6,9-15H2,1H3,(H,20,22). The number of nitrogens with zero attached hydrogens (tertiary/aromatic N) is 1. The predicted molar refractivity (Wildman–Crippen MR) is 98.8 cm³/mol. The van der Waals surface area contributed by atoms with Crippen molar-refractivity contribution in [3.63, 3.8) is 0 Å². The van der Waals surface area contributed by atoms with E-state index in [0.717, 1.165) is 43.3 Å². The summed E-state index contributed by atoms with van der Waals surface area (Å²) in [6.07, 6.45) is 8.20. The second-order valence-corrected chi connectivity index (χ2v) is 7.62. The molecule has 0 spiro atoms. The second kappa shape index (κ2) is 8.37. The zero-order valence-electron chi connectivity index (χ0n) is 14.6. The first kappa shape index (κ1) is 17.8. The van der Waals surface area contributed by atoms with Gasteiger partial charge in [-0.1, -0.05) is 31.4 Å². The van der Waals surface area contributed by atoms with Crippen LogP contribution in [0.2, 0.25) is 0 Å². The van der Waals surface area contributed by atoms with Crippen molar-refractivity contribution >= 4 is 17.7 Å². The number of morpholine rings is 1. The molecule has 1 aliphatic carbocycles. The minimum atomic E-state index is 0.0538. The number of amides is 1. The molecule has 0 bridgehead atoms. The van der Waals surface area contributed by atoms with Crippen LogP contribution < -0.4 is 5.32 Å². The van der Waals surface area contributed by atoms with E-state index in [4.69, 9.17) is 4.74 Å². The van der Waals surface area contributed by atoms with E-state index in [-0.39, 0.29) is 11.4 Å². The molecule has 0 unspecified atom stereocenters. The lowest BCUT2D eigenvalue weighted by Crippen LogP contribution is -2.59. The molecule has 0 radical (unpaired) electrons. The summed E-state index contributed by atoms with van der Waals surface area (Å²) in [4.78, 5) is 16.3. The fraction of sp³-hybridized carbons (Fsp3) is 0.632. The van der Waals surface area contributed by atoms with Crippen LogP contribution in [0.4, 0.5) is 0 Å². The lowest BCUT2D eigenvalue weighted by Gasteiger charge is -2.48. The molecule has 0 atom stereocenters. The van der Waals surface area contributed by atoms with Gasteiger partial charge in [-0.05, 0) is 31.2 Å². The molecule has 1 N–H and O–H groups in total. The van der Waals surface area contributed by atoms with Crippen molar-refractivity contribution in [2.45, 2.75) is 42.5 Å². The van der Waals surface area contributed by atoms with Crippen LogP contribution >= 0.6 is 11.8 Å². The van der Waals surface area contributed by atoms with E-state index in [9.17, 15) is 4.79 Å². The highest BCUT2D eigenvalue weighted by Gasteiger charge is 2.38. The van der Waals surface area contributed by atoms with Crippen molar-refractivity contribution in [1.29, 1.82) is 0 Å². The van der Waals surface area contributed by atoms with Gasteiger partial charge in [0.1, 0.15) is 0 Å². The predicted octanol–water partition coefficient (Wildman–Crippen LogP) is 3.17. The minimum Gasteiger partial charge on any atom is -0.379 e. The molecule has 5 heteroatoms. The SMILES string of the molecule is CSc1ccccc1C(=O)NCC1(N2CCOCC2)CCCCC1.